The van der Waals surface area contributed by atoms with Crippen LogP contribution < -0.4 is 0 Å². The van der Waals surface area contributed by atoms with E-state index in [0.29, 0.717) is 0 Å². The molecule has 0 saturated heterocycles. The Kier molecular flexibility index (Phi) is 8.13. The highest BCUT2D eigenvalue weighted by Gasteiger charge is 2.32. The maximum Gasteiger partial charge on any atom is 0.285 e. The molecule has 134 valence electrons. The summed E-state index contributed by atoms with van der Waals surface area (Å²) in [7, 11) is 0. The van der Waals surface area contributed by atoms with Gasteiger partial charge in [-0.1, -0.05) is 58.8 Å². The summed E-state index contributed by atoms with van der Waals surface area (Å²) in [5.74, 6) is -0.853. The number of halogens is 3. The van der Waals surface area contributed by atoms with Crippen LogP contribution in [0.4, 0.5) is 13.2 Å². The molecule has 0 aliphatic rings. The first-order valence-corrected chi connectivity index (χ1v) is 8.91. The molecule has 23 heavy (non-hydrogen) atoms. The van der Waals surface area contributed by atoms with Crippen LogP contribution in [0.5, 0.6) is 0 Å². The number of nitrogens with zero attached hydrogens (tertiary/aromatic N) is 2. The Balaban J connectivity index is 2.93. The number of hydrogen-bond acceptors (Lipinski definition) is 1. The summed E-state index contributed by atoms with van der Waals surface area (Å²) in [6, 6.07) is 0. The van der Waals surface area contributed by atoms with Crippen molar-refractivity contribution in [3.8, 4) is 0 Å². The largest absolute Gasteiger partial charge is 0.285 e. The van der Waals surface area contributed by atoms with Crippen LogP contribution in [-0.2, 0) is 5.54 Å². The molecule has 0 amide bonds. The van der Waals surface area contributed by atoms with Crippen LogP contribution in [-0.4, -0.2) is 9.78 Å². The molecular weight excluding hydrogens is 301 g/mol. The van der Waals surface area contributed by atoms with Gasteiger partial charge in [0.2, 0.25) is 0 Å². The summed E-state index contributed by atoms with van der Waals surface area (Å²) in [5, 5.41) is 3.94. The number of alkyl halides is 2. The molecule has 0 fully saturated rings. The zero-order valence-electron chi connectivity index (χ0n) is 15.0. The maximum atomic E-state index is 14.1. The van der Waals surface area contributed by atoms with Crippen LogP contribution in [0.3, 0.4) is 0 Å². The van der Waals surface area contributed by atoms with Gasteiger partial charge < -0.3 is 0 Å². The standard InChI is InChI=1S/C18H31F3N2/c1-5-7-9-10-11-13-18(4,12-8-6-2)23-14(3)15(19)16(22-23)17(20)21/h17H,5-13H2,1-4H3. The SMILES string of the molecule is CCCCCCCC(C)(CCCC)n1nc(C(F)F)c(F)c1C. The van der Waals surface area contributed by atoms with Crippen molar-refractivity contribution in [2.75, 3.05) is 0 Å². The van der Waals surface area contributed by atoms with Gasteiger partial charge in [-0.05, 0) is 26.7 Å². The minimum atomic E-state index is -2.87. The third-order valence-electron chi connectivity index (χ3n) is 4.67. The monoisotopic (exact) mass is 332 g/mol. The van der Waals surface area contributed by atoms with Crippen molar-refractivity contribution in [1.82, 2.24) is 9.78 Å². The molecule has 0 aromatic carbocycles. The van der Waals surface area contributed by atoms with Crippen LogP contribution in [0.2, 0.25) is 0 Å². The van der Waals surface area contributed by atoms with Gasteiger partial charge in [-0.2, -0.15) is 5.10 Å². The molecular formula is C18H31F3N2. The predicted molar refractivity (Wildman–Crippen MR) is 88.4 cm³/mol. The Bertz CT molecular complexity index is 471. The summed E-state index contributed by atoms with van der Waals surface area (Å²) in [4.78, 5) is 0. The summed E-state index contributed by atoms with van der Waals surface area (Å²) in [6.07, 6.45) is 6.57. The number of hydrogen-bond donors (Lipinski definition) is 0. The highest BCUT2D eigenvalue weighted by molar-refractivity contribution is 5.15. The van der Waals surface area contributed by atoms with Gasteiger partial charge in [-0.15, -0.1) is 0 Å². The van der Waals surface area contributed by atoms with E-state index in [4.69, 9.17) is 0 Å². The van der Waals surface area contributed by atoms with Crippen molar-refractivity contribution in [3.05, 3.63) is 17.2 Å². The van der Waals surface area contributed by atoms with Crippen LogP contribution >= 0.6 is 0 Å². The van der Waals surface area contributed by atoms with Crippen molar-refractivity contribution < 1.29 is 13.2 Å². The van der Waals surface area contributed by atoms with Gasteiger partial charge in [0.1, 0.15) is 0 Å². The van der Waals surface area contributed by atoms with E-state index < -0.39 is 17.9 Å². The van der Waals surface area contributed by atoms with Crippen molar-refractivity contribution in [3.63, 3.8) is 0 Å². The quantitative estimate of drug-likeness (QED) is 0.421. The Labute approximate surface area is 138 Å². The molecule has 1 atom stereocenters. The van der Waals surface area contributed by atoms with Crippen molar-refractivity contribution >= 4 is 0 Å². The molecule has 1 aromatic rings. The molecule has 0 N–H and O–H groups in total. The van der Waals surface area contributed by atoms with E-state index in [9.17, 15) is 13.2 Å². The van der Waals surface area contributed by atoms with Crippen molar-refractivity contribution in [2.45, 2.75) is 97.4 Å². The fourth-order valence-corrected chi connectivity index (χ4v) is 3.17. The molecule has 1 heterocycles. The Hall–Kier alpha value is -1.00. The second-order valence-corrected chi connectivity index (χ2v) is 6.76. The lowest BCUT2D eigenvalue weighted by molar-refractivity contribution is 0.137. The van der Waals surface area contributed by atoms with Crippen molar-refractivity contribution in [1.29, 1.82) is 0 Å². The highest BCUT2D eigenvalue weighted by Crippen LogP contribution is 2.33. The average molecular weight is 332 g/mol. The van der Waals surface area contributed by atoms with E-state index >= 15 is 0 Å². The molecule has 0 aliphatic heterocycles. The first-order chi connectivity index (χ1) is 10.9. The normalized spacial score (nSPS) is 14.4. The van der Waals surface area contributed by atoms with Gasteiger partial charge in [-0.3, -0.25) is 4.68 Å². The van der Waals surface area contributed by atoms with Crippen LogP contribution in [0.15, 0.2) is 0 Å². The number of unbranched alkanes of at least 4 members (excludes halogenated alkanes) is 5. The lowest BCUT2D eigenvalue weighted by atomic mass is 9.88. The van der Waals surface area contributed by atoms with Gasteiger partial charge in [0, 0.05) is 0 Å². The van der Waals surface area contributed by atoms with Gasteiger partial charge in [0.15, 0.2) is 11.5 Å². The lowest BCUT2D eigenvalue weighted by Crippen LogP contribution is -2.32. The summed E-state index contributed by atoms with van der Waals surface area (Å²) >= 11 is 0. The third-order valence-corrected chi connectivity index (χ3v) is 4.67. The molecule has 0 saturated carbocycles. The summed E-state index contributed by atoms with van der Waals surface area (Å²) in [6.45, 7) is 7.85. The van der Waals surface area contributed by atoms with Crippen LogP contribution in [0.25, 0.3) is 0 Å². The van der Waals surface area contributed by atoms with E-state index in [-0.39, 0.29) is 11.2 Å². The smallest absolute Gasteiger partial charge is 0.261 e. The fraction of sp³-hybridized carbons (Fsp3) is 0.833. The predicted octanol–water partition coefficient (Wildman–Crippen LogP) is 6.53. The lowest BCUT2D eigenvalue weighted by Gasteiger charge is -2.32. The summed E-state index contributed by atoms with van der Waals surface area (Å²) < 4.78 is 41.5. The van der Waals surface area contributed by atoms with Crippen LogP contribution in [0.1, 0.15) is 96.4 Å². The first kappa shape index (κ1) is 20.0. The second-order valence-electron chi connectivity index (χ2n) is 6.76. The van der Waals surface area contributed by atoms with E-state index in [1.165, 1.54) is 23.9 Å². The molecule has 0 spiro atoms. The molecule has 1 unspecified atom stereocenters. The molecule has 2 nitrogen and oxygen atoms in total. The molecule has 0 radical (unpaired) electrons. The van der Waals surface area contributed by atoms with Crippen LogP contribution in [0, 0.1) is 12.7 Å². The minimum absolute atomic E-state index is 0.229. The van der Waals surface area contributed by atoms with E-state index in [0.717, 1.165) is 38.5 Å². The Morgan fingerprint density at radius 3 is 2.09 bits per heavy atom. The molecule has 5 heteroatoms. The van der Waals surface area contributed by atoms with E-state index in [1.807, 2.05) is 6.92 Å². The molecule has 0 aliphatic carbocycles. The van der Waals surface area contributed by atoms with E-state index in [1.54, 1.807) is 6.92 Å². The Morgan fingerprint density at radius 1 is 1.00 bits per heavy atom. The first-order valence-electron chi connectivity index (χ1n) is 8.91. The zero-order chi connectivity index (χ0) is 17.5. The molecule has 1 rings (SSSR count). The van der Waals surface area contributed by atoms with E-state index in [2.05, 4.69) is 18.9 Å². The van der Waals surface area contributed by atoms with Gasteiger partial charge in [0.25, 0.3) is 6.43 Å². The van der Waals surface area contributed by atoms with Crippen molar-refractivity contribution in [2.24, 2.45) is 0 Å². The number of aromatic nitrogens is 2. The second kappa shape index (κ2) is 9.33. The average Bonchev–Trinajstić information content (AvgIpc) is 2.82. The topological polar surface area (TPSA) is 17.8 Å². The maximum absolute atomic E-state index is 14.1. The molecule has 0 bridgehead atoms. The molecule has 1 aromatic heterocycles. The van der Waals surface area contributed by atoms with Gasteiger partial charge in [0.05, 0.1) is 11.2 Å². The fourth-order valence-electron chi connectivity index (χ4n) is 3.17. The van der Waals surface area contributed by atoms with Gasteiger partial charge in [-0.25, -0.2) is 13.2 Å². The minimum Gasteiger partial charge on any atom is -0.261 e. The zero-order valence-corrected chi connectivity index (χ0v) is 15.0. The number of rotatable bonds is 11. The Morgan fingerprint density at radius 2 is 1.57 bits per heavy atom. The summed E-state index contributed by atoms with van der Waals surface area (Å²) in [5.41, 5.74) is -0.871. The third kappa shape index (κ3) is 5.25. The highest BCUT2D eigenvalue weighted by atomic mass is 19.3. The van der Waals surface area contributed by atoms with Gasteiger partial charge >= 0.3 is 0 Å².